The second-order valence-corrected chi connectivity index (χ2v) is 11.2. The molecule has 0 amide bonds. The molecule has 1 aromatic carbocycles. The lowest BCUT2D eigenvalue weighted by atomic mass is 9.94. The molecule has 1 atom stereocenters. The van der Waals surface area contributed by atoms with Crippen LogP contribution in [0.3, 0.4) is 0 Å². The van der Waals surface area contributed by atoms with E-state index in [1.807, 2.05) is 0 Å². The zero-order valence-corrected chi connectivity index (χ0v) is 13.3. The van der Waals surface area contributed by atoms with Crippen LogP contribution in [0.2, 0.25) is 18.1 Å². The van der Waals surface area contributed by atoms with E-state index in [4.69, 9.17) is 4.43 Å². The Bertz CT molecular complexity index is 365. The molecule has 0 heterocycles. The average Bonchev–Trinajstić information content (AvgIpc) is 2.16. The molecule has 0 aliphatic heterocycles. The minimum atomic E-state index is -1.66. The van der Waals surface area contributed by atoms with E-state index in [-0.39, 0.29) is 11.1 Å². The summed E-state index contributed by atoms with van der Waals surface area (Å²) in [6, 6.07) is 8.65. The molecular formula is C14H25BOSi. The molecule has 1 unspecified atom stereocenters. The first-order valence-electron chi connectivity index (χ1n) is 6.38. The smallest absolute Gasteiger partial charge is 0.192 e. The van der Waals surface area contributed by atoms with E-state index in [0.717, 1.165) is 0 Å². The minimum Gasteiger partial charge on any atom is -0.410 e. The van der Waals surface area contributed by atoms with E-state index >= 15 is 0 Å². The van der Waals surface area contributed by atoms with Gasteiger partial charge in [-0.15, -0.1) is 0 Å². The van der Waals surface area contributed by atoms with Gasteiger partial charge in [0.15, 0.2) is 8.32 Å². The molecule has 0 saturated heterocycles. The van der Waals surface area contributed by atoms with Gasteiger partial charge >= 0.3 is 0 Å². The Hall–Kier alpha value is -0.538. The van der Waals surface area contributed by atoms with Gasteiger partial charge in [-0.05, 0) is 30.6 Å². The van der Waals surface area contributed by atoms with Gasteiger partial charge in [-0.1, -0.05) is 50.5 Å². The van der Waals surface area contributed by atoms with E-state index in [2.05, 4.69) is 72.9 Å². The van der Waals surface area contributed by atoms with Crippen molar-refractivity contribution in [2.75, 3.05) is 0 Å². The van der Waals surface area contributed by atoms with E-state index in [9.17, 15) is 0 Å². The first-order valence-corrected chi connectivity index (χ1v) is 9.29. The Balaban J connectivity index is 2.79. The summed E-state index contributed by atoms with van der Waals surface area (Å²) in [7, 11) is 0.450. The van der Waals surface area contributed by atoms with Crippen LogP contribution in [-0.4, -0.2) is 16.2 Å². The van der Waals surface area contributed by atoms with Crippen molar-refractivity contribution in [2.45, 2.75) is 51.9 Å². The maximum atomic E-state index is 6.37. The molecule has 0 N–H and O–H groups in total. The molecule has 0 saturated carbocycles. The number of benzene rings is 1. The third-order valence-electron chi connectivity index (χ3n) is 3.82. The molecule has 0 aliphatic rings. The molecule has 1 aromatic rings. The van der Waals surface area contributed by atoms with Crippen molar-refractivity contribution in [1.82, 2.24) is 0 Å². The van der Waals surface area contributed by atoms with Crippen molar-refractivity contribution in [2.24, 2.45) is 0 Å². The monoisotopic (exact) mass is 248 g/mol. The second kappa shape index (κ2) is 4.99. The highest BCUT2D eigenvalue weighted by Crippen LogP contribution is 2.39. The van der Waals surface area contributed by atoms with Crippen molar-refractivity contribution in [3.63, 3.8) is 0 Å². The third kappa shape index (κ3) is 3.72. The normalized spacial score (nSPS) is 14.7. The van der Waals surface area contributed by atoms with Gasteiger partial charge in [-0.25, -0.2) is 0 Å². The Labute approximate surface area is 108 Å². The maximum Gasteiger partial charge on any atom is 0.192 e. The van der Waals surface area contributed by atoms with Gasteiger partial charge in [0.25, 0.3) is 0 Å². The molecule has 3 heteroatoms. The topological polar surface area (TPSA) is 9.23 Å². The van der Waals surface area contributed by atoms with Gasteiger partial charge in [-0.2, -0.15) is 0 Å². The van der Waals surface area contributed by atoms with Gasteiger partial charge in [0.05, 0.1) is 6.10 Å². The Morgan fingerprint density at radius 3 is 2.00 bits per heavy atom. The van der Waals surface area contributed by atoms with Crippen LogP contribution in [0.1, 0.15) is 39.4 Å². The summed E-state index contributed by atoms with van der Waals surface area (Å²) in [5, 5.41) is 0.270. The number of rotatable bonds is 3. The zero-order valence-electron chi connectivity index (χ0n) is 12.3. The van der Waals surface area contributed by atoms with Gasteiger partial charge < -0.3 is 4.43 Å². The molecule has 0 bridgehead atoms. The molecule has 1 nitrogen and oxygen atoms in total. The fraction of sp³-hybridized carbons (Fsp3) is 0.571. The van der Waals surface area contributed by atoms with Crippen LogP contribution in [0.4, 0.5) is 0 Å². The molecule has 0 aliphatic carbocycles. The summed E-state index contributed by atoms with van der Waals surface area (Å²) in [5.41, 5.74) is 2.58. The van der Waals surface area contributed by atoms with Crippen LogP contribution in [0, 0.1) is 0 Å². The quantitative estimate of drug-likeness (QED) is 0.747. The molecule has 0 fully saturated rings. The average molecular weight is 248 g/mol. The molecular weight excluding hydrogens is 223 g/mol. The molecule has 94 valence electrons. The lowest BCUT2D eigenvalue weighted by Crippen LogP contribution is -2.41. The van der Waals surface area contributed by atoms with Crippen LogP contribution >= 0.6 is 0 Å². The maximum absolute atomic E-state index is 6.37. The molecule has 0 radical (unpaired) electrons. The minimum absolute atomic E-state index is 0.191. The number of hydrogen-bond acceptors (Lipinski definition) is 1. The molecule has 0 spiro atoms. The van der Waals surface area contributed by atoms with Crippen molar-refractivity contribution >= 4 is 21.6 Å². The van der Waals surface area contributed by atoms with Crippen LogP contribution in [0.25, 0.3) is 0 Å². The summed E-state index contributed by atoms with van der Waals surface area (Å²) >= 11 is 0. The predicted octanol–water partition coefficient (Wildman–Crippen LogP) is 3.03. The van der Waals surface area contributed by atoms with Gasteiger partial charge in [0.2, 0.25) is 0 Å². The molecule has 0 aromatic heterocycles. The van der Waals surface area contributed by atoms with Gasteiger partial charge in [-0.3, -0.25) is 0 Å². The highest BCUT2D eigenvalue weighted by Gasteiger charge is 2.38. The predicted molar refractivity (Wildman–Crippen MR) is 81.3 cm³/mol. The highest BCUT2D eigenvalue weighted by molar-refractivity contribution is 6.74. The van der Waals surface area contributed by atoms with Crippen LogP contribution in [0.5, 0.6) is 0 Å². The third-order valence-corrected chi connectivity index (χ3v) is 8.38. The number of hydrogen-bond donors (Lipinski definition) is 0. The first-order chi connectivity index (χ1) is 7.63. The van der Waals surface area contributed by atoms with Gasteiger partial charge in [0.1, 0.15) is 7.85 Å². The highest BCUT2D eigenvalue weighted by atomic mass is 28.4. The zero-order chi connectivity index (χ0) is 13.3. The Kier molecular flexibility index (Phi) is 4.26. The van der Waals surface area contributed by atoms with Crippen LogP contribution < -0.4 is 5.46 Å². The summed E-state index contributed by atoms with van der Waals surface area (Å²) in [5.74, 6) is 0. The van der Waals surface area contributed by atoms with Crippen LogP contribution in [0.15, 0.2) is 24.3 Å². The summed E-state index contributed by atoms with van der Waals surface area (Å²) in [6.45, 7) is 13.6. The van der Waals surface area contributed by atoms with Crippen molar-refractivity contribution in [3.8, 4) is 0 Å². The fourth-order valence-electron chi connectivity index (χ4n) is 1.52. The largest absolute Gasteiger partial charge is 0.410 e. The van der Waals surface area contributed by atoms with Gasteiger partial charge in [0, 0.05) is 0 Å². The standard InChI is InChI=1S/C14H25BOSi/c1-11(12-7-9-13(15)10-8-12)16-17(5,6)14(2,3)4/h7-11H,15H2,1-6H3. The van der Waals surface area contributed by atoms with E-state index in [1.54, 1.807) is 0 Å². The SMILES string of the molecule is Bc1ccc(C(C)O[Si](C)(C)C(C)(C)C)cc1. The van der Waals surface area contributed by atoms with Crippen molar-refractivity contribution in [3.05, 3.63) is 29.8 Å². The Morgan fingerprint density at radius 1 is 1.12 bits per heavy atom. The lowest BCUT2D eigenvalue weighted by Gasteiger charge is -2.38. The summed E-state index contributed by atoms with van der Waals surface area (Å²) < 4.78 is 6.37. The van der Waals surface area contributed by atoms with Crippen molar-refractivity contribution < 1.29 is 4.43 Å². The van der Waals surface area contributed by atoms with E-state index < -0.39 is 8.32 Å². The first kappa shape index (κ1) is 14.5. The molecule has 17 heavy (non-hydrogen) atoms. The fourth-order valence-corrected chi connectivity index (χ4v) is 2.90. The summed E-state index contributed by atoms with van der Waals surface area (Å²) in [6.07, 6.45) is 0.191. The Morgan fingerprint density at radius 2 is 1.59 bits per heavy atom. The summed E-state index contributed by atoms with van der Waals surface area (Å²) in [4.78, 5) is 0. The van der Waals surface area contributed by atoms with Crippen LogP contribution in [-0.2, 0) is 4.43 Å². The molecule has 1 rings (SSSR count). The van der Waals surface area contributed by atoms with E-state index in [0.29, 0.717) is 0 Å². The van der Waals surface area contributed by atoms with Crippen molar-refractivity contribution in [1.29, 1.82) is 0 Å². The lowest BCUT2D eigenvalue weighted by molar-refractivity contribution is 0.203. The van der Waals surface area contributed by atoms with E-state index in [1.165, 1.54) is 11.0 Å². The second-order valence-electron chi connectivity index (χ2n) is 6.43.